The molecule has 20 heavy (non-hydrogen) atoms. The number of rotatable bonds is 2. The number of phenolic OH excluding ortho intramolecular Hbond substituents is 1. The molecule has 1 N–H and O–H groups in total. The second-order valence-corrected chi connectivity index (χ2v) is 4.96. The van der Waals surface area contributed by atoms with Gasteiger partial charge in [0.05, 0.1) is 11.4 Å². The number of aryl methyl sites for hydroxylation is 1. The van der Waals surface area contributed by atoms with Crippen LogP contribution in [0.1, 0.15) is 30.9 Å². The average molecular weight is 278 g/mol. The Morgan fingerprint density at radius 3 is 2.25 bits per heavy atom. The van der Waals surface area contributed by atoms with Crippen molar-refractivity contribution in [3.63, 3.8) is 0 Å². The summed E-state index contributed by atoms with van der Waals surface area (Å²) >= 11 is 0. The molecular weight excluding hydrogens is 261 g/mol. The number of allylic oxidation sites excluding steroid dienone is 4. The number of aliphatic imine (C=N–C) groups is 1. The normalized spacial score (nSPS) is 13.6. The summed E-state index contributed by atoms with van der Waals surface area (Å²) in [6.07, 6.45) is 6.39. The van der Waals surface area contributed by atoms with Crippen molar-refractivity contribution >= 4 is 17.2 Å². The van der Waals surface area contributed by atoms with Crippen molar-refractivity contribution in [3.8, 4) is 5.75 Å². The van der Waals surface area contributed by atoms with Gasteiger partial charge < -0.3 is 5.11 Å². The topological polar surface area (TPSA) is 49.7 Å². The molecule has 0 aliphatic heterocycles. The van der Waals surface area contributed by atoms with Gasteiger partial charge in [-0.15, -0.1) is 0 Å². The Labute approximate surface area is 141 Å². The summed E-state index contributed by atoms with van der Waals surface area (Å²) in [5.74, 6) is 0.518. The number of benzene rings is 1. The summed E-state index contributed by atoms with van der Waals surface area (Å²) < 4.78 is 0. The van der Waals surface area contributed by atoms with E-state index in [1.807, 2.05) is 26.8 Å². The third-order valence-corrected chi connectivity index (χ3v) is 3.05. The van der Waals surface area contributed by atoms with Gasteiger partial charge >= 0.3 is 29.6 Å². The van der Waals surface area contributed by atoms with Gasteiger partial charge in [0.2, 0.25) is 0 Å². The summed E-state index contributed by atoms with van der Waals surface area (Å²) in [4.78, 5) is 15.6. The fraction of sp³-hybridized carbons (Fsp3) is 0.250. The number of hydrogen-bond donors (Lipinski definition) is 1. The Balaban J connectivity index is 0.00000200. The number of nitrogens with zero attached hydrogens (tertiary/aromatic N) is 1. The van der Waals surface area contributed by atoms with E-state index < -0.39 is 0 Å². The summed E-state index contributed by atoms with van der Waals surface area (Å²) in [6, 6.07) is 3.64. The number of hydrogen-bond acceptors (Lipinski definition) is 3. The molecule has 1 aliphatic rings. The van der Waals surface area contributed by atoms with Gasteiger partial charge in [0.1, 0.15) is 5.75 Å². The molecule has 1 aromatic rings. The van der Waals surface area contributed by atoms with E-state index in [0.717, 1.165) is 22.5 Å². The number of carbonyl (C=O) groups excluding carboxylic acids is 1. The fourth-order valence-electron chi connectivity index (χ4n) is 1.94. The molecule has 98 valence electrons. The molecule has 0 radical (unpaired) electrons. The van der Waals surface area contributed by atoms with E-state index >= 15 is 0 Å². The van der Waals surface area contributed by atoms with E-state index in [0.29, 0.717) is 5.75 Å². The van der Waals surface area contributed by atoms with Crippen LogP contribution in [0.25, 0.3) is 0 Å². The first kappa shape index (κ1) is 16.9. The summed E-state index contributed by atoms with van der Waals surface area (Å²) in [6.45, 7) is 5.96. The molecule has 0 amide bonds. The Kier molecular flexibility index (Phi) is 5.93. The molecule has 0 atom stereocenters. The maximum absolute atomic E-state index is 11.1. The van der Waals surface area contributed by atoms with Crippen molar-refractivity contribution in [2.75, 3.05) is 0 Å². The first-order valence-corrected chi connectivity index (χ1v) is 6.29. The molecule has 1 aromatic carbocycles. The number of carbonyl (C=O) groups is 1. The molecule has 0 saturated heterocycles. The van der Waals surface area contributed by atoms with E-state index in [1.165, 1.54) is 12.2 Å². The molecule has 0 bridgehead atoms. The molecule has 0 spiro atoms. The van der Waals surface area contributed by atoms with Gasteiger partial charge in [0, 0.05) is 0 Å². The predicted molar refractivity (Wildman–Crippen MR) is 77.3 cm³/mol. The smallest absolute Gasteiger partial charge is 0.508 e. The van der Waals surface area contributed by atoms with Crippen LogP contribution in [0.15, 0.2) is 41.4 Å². The fourth-order valence-corrected chi connectivity index (χ4v) is 1.94. The quantitative estimate of drug-likeness (QED) is 0.636. The second-order valence-electron chi connectivity index (χ2n) is 4.96. The van der Waals surface area contributed by atoms with Gasteiger partial charge in [-0.05, 0) is 60.4 Å². The van der Waals surface area contributed by atoms with Gasteiger partial charge in [-0.3, -0.25) is 4.79 Å². The van der Waals surface area contributed by atoms with Crippen LogP contribution in [0.4, 0.5) is 5.69 Å². The number of aromatic hydroxyl groups is 1. The van der Waals surface area contributed by atoms with Crippen LogP contribution in [-0.4, -0.2) is 16.6 Å². The van der Waals surface area contributed by atoms with Gasteiger partial charge in [-0.1, -0.05) is 13.8 Å². The first-order valence-electron chi connectivity index (χ1n) is 6.29. The summed E-state index contributed by atoms with van der Waals surface area (Å²) in [5, 5.41) is 9.91. The minimum atomic E-state index is -0.0238. The van der Waals surface area contributed by atoms with E-state index in [2.05, 4.69) is 4.99 Å². The maximum atomic E-state index is 11.1. The zero-order valence-corrected chi connectivity index (χ0v) is 14.3. The van der Waals surface area contributed by atoms with Gasteiger partial charge in [0.25, 0.3) is 0 Å². The van der Waals surface area contributed by atoms with Crippen LogP contribution in [0.2, 0.25) is 0 Å². The van der Waals surface area contributed by atoms with Crippen LogP contribution in [0, 0.1) is 6.92 Å². The predicted octanol–water partition coefficient (Wildman–Crippen LogP) is 0.596. The SMILES string of the molecule is Cc1cc(O)c(C(C)C)cc1N=C1C=CC(=O)C=C1.[Na+]. The minimum Gasteiger partial charge on any atom is -0.508 e. The molecule has 0 aromatic heterocycles. The van der Waals surface area contributed by atoms with Gasteiger partial charge in [-0.25, -0.2) is 4.99 Å². The molecule has 4 heteroatoms. The van der Waals surface area contributed by atoms with Crippen molar-refractivity contribution in [1.82, 2.24) is 0 Å². The molecule has 0 unspecified atom stereocenters. The van der Waals surface area contributed by atoms with Crippen molar-refractivity contribution in [2.45, 2.75) is 26.7 Å². The molecule has 2 rings (SSSR count). The van der Waals surface area contributed by atoms with E-state index in [-0.39, 0.29) is 41.3 Å². The molecule has 0 heterocycles. The molecule has 3 nitrogen and oxygen atoms in total. The van der Waals surface area contributed by atoms with Crippen LogP contribution >= 0.6 is 0 Å². The Hall–Kier alpha value is -1.16. The molecule has 0 saturated carbocycles. The van der Waals surface area contributed by atoms with E-state index in [1.54, 1.807) is 18.2 Å². The molecule has 0 fully saturated rings. The van der Waals surface area contributed by atoms with Crippen LogP contribution in [0.3, 0.4) is 0 Å². The Morgan fingerprint density at radius 1 is 1.10 bits per heavy atom. The van der Waals surface area contributed by atoms with Crippen LogP contribution in [-0.2, 0) is 4.79 Å². The Morgan fingerprint density at radius 2 is 1.70 bits per heavy atom. The average Bonchev–Trinajstić information content (AvgIpc) is 2.34. The first-order chi connectivity index (χ1) is 8.97. The zero-order chi connectivity index (χ0) is 14.0. The number of ketones is 1. The molecule has 1 aliphatic carbocycles. The molecular formula is C16H17NNaO2+. The van der Waals surface area contributed by atoms with Crippen LogP contribution in [0.5, 0.6) is 5.75 Å². The summed E-state index contributed by atoms with van der Waals surface area (Å²) in [7, 11) is 0. The van der Waals surface area contributed by atoms with E-state index in [4.69, 9.17) is 0 Å². The minimum absolute atomic E-state index is 0. The maximum Gasteiger partial charge on any atom is 1.00 e. The van der Waals surface area contributed by atoms with Gasteiger partial charge in [-0.2, -0.15) is 0 Å². The van der Waals surface area contributed by atoms with Crippen molar-refractivity contribution in [3.05, 3.63) is 47.6 Å². The van der Waals surface area contributed by atoms with Crippen LogP contribution < -0.4 is 29.6 Å². The standard InChI is InChI=1S/C16H17NO2.Na/c1-10(2)14-9-15(11(3)8-16(14)19)17-12-4-6-13(18)7-5-12;/h4-10,19H,1-3H3;/q;+1. The second kappa shape index (κ2) is 7.02. The van der Waals surface area contributed by atoms with Gasteiger partial charge in [0.15, 0.2) is 5.78 Å². The summed E-state index contributed by atoms with van der Waals surface area (Å²) in [5.41, 5.74) is 3.35. The van der Waals surface area contributed by atoms with Crippen molar-refractivity contribution in [1.29, 1.82) is 0 Å². The van der Waals surface area contributed by atoms with Crippen molar-refractivity contribution < 1.29 is 39.5 Å². The van der Waals surface area contributed by atoms with Crippen molar-refractivity contribution in [2.24, 2.45) is 4.99 Å². The third-order valence-electron chi connectivity index (χ3n) is 3.05. The largest absolute Gasteiger partial charge is 1.00 e. The third kappa shape index (κ3) is 3.92. The monoisotopic (exact) mass is 278 g/mol. The Bertz CT molecular complexity index is 595. The van der Waals surface area contributed by atoms with E-state index in [9.17, 15) is 9.90 Å². The number of phenols is 1. The zero-order valence-electron chi connectivity index (χ0n) is 12.3.